The molecule has 5 heteroatoms. The zero-order valence-corrected chi connectivity index (χ0v) is 9.00. The molecule has 80 valence electrons. The second kappa shape index (κ2) is 4.24. The summed E-state index contributed by atoms with van der Waals surface area (Å²) in [5.74, 6) is 0.441. The summed E-state index contributed by atoms with van der Waals surface area (Å²) in [5.41, 5.74) is -1.04. The first kappa shape index (κ1) is 11.4. The lowest BCUT2D eigenvalue weighted by Crippen LogP contribution is -2.29. The number of H-pyrrole nitrogens is 1. The van der Waals surface area contributed by atoms with E-state index in [0.29, 0.717) is 12.2 Å². The van der Waals surface area contributed by atoms with Crippen LogP contribution in [0.1, 0.15) is 31.7 Å². The van der Waals surface area contributed by atoms with Crippen LogP contribution in [0.4, 0.5) is 0 Å². The van der Waals surface area contributed by atoms with Gasteiger partial charge in [0.25, 0.3) is 5.56 Å². The van der Waals surface area contributed by atoms with Crippen molar-refractivity contribution in [2.45, 2.75) is 25.9 Å². The molecule has 1 unspecified atom stereocenters. The number of hydrogen-bond donors (Lipinski definition) is 1. The van der Waals surface area contributed by atoms with Gasteiger partial charge in [0.05, 0.1) is 6.20 Å². The van der Waals surface area contributed by atoms with Crippen LogP contribution >= 0.6 is 0 Å². The van der Waals surface area contributed by atoms with Crippen LogP contribution in [0.3, 0.4) is 0 Å². The predicted octanol–water partition coefficient (Wildman–Crippen LogP) is 0.913. The van der Waals surface area contributed by atoms with Gasteiger partial charge in [-0.15, -0.1) is 0 Å². The van der Waals surface area contributed by atoms with E-state index in [0.717, 1.165) is 0 Å². The van der Waals surface area contributed by atoms with Crippen molar-refractivity contribution >= 4 is 0 Å². The third-order valence-corrected chi connectivity index (χ3v) is 2.55. The number of rotatable bonds is 3. The average Bonchev–Trinajstić information content (AvgIpc) is 2.28. The molecule has 5 nitrogen and oxygen atoms in total. The average molecular weight is 207 g/mol. The SMILES string of the molecule is CCC(C)(OC)c1ncc(C#N)c(=O)[nH]1. The first-order valence-electron chi connectivity index (χ1n) is 4.62. The molecule has 0 aromatic carbocycles. The van der Waals surface area contributed by atoms with Gasteiger partial charge in [-0.3, -0.25) is 4.79 Å². The molecule has 0 spiro atoms. The first-order valence-corrected chi connectivity index (χ1v) is 4.62. The lowest BCUT2D eigenvalue weighted by molar-refractivity contribution is -0.00919. The standard InChI is InChI=1S/C10H13N3O2/c1-4-10(2,15-3)9-12-6-7(5-11)8(14)13-9/h6H,4H2,1-3H3,(H,12,13,14). The Kier molecular flexibility index (Phi) is 3.22. The van der Waals surface area contributed by atoms with E-state index in [1.165, 1.54) is 6.20 Å². The van der Waals surface area contributed by atoms with E-state index >= 15 is 0 Å². The number of nitriles is 1. The number of aromatic amines is 1. The molecule has 0 saturated heterocycles. The summed E-state index contributed by atoms with van der Waals surface area (Å²) in [6.07, 6.45) is 1.94. The molecule has 0 saturated carbocycles. The summed E-state index contributed by atoms with van der Waals surface area (Å²) in [5, 5.41) is 8.59. The molecule has 0 aliphatic heterocycles. The molecule has 0 aliphatic carbocycles. The van der Waals surface area contributed by atoms with Crippen LogP contribution < -0.4 is 5.56 Å². The molecule has 1 N–H and O–H groups in total. The monoisotopic (exact) mass is 207 g/mol. The second-order valence-electron chi connectivity index (χ2n) is 3.37. The molecule has 1 aromatic heterocycles. The number of nitrogens with zero attached hydrogens (tertiary/aromatic N) is 2. The largest absolute Gasteiger partial charge is 0.371 e. The van der Waals surface area contributed by atoms with Gasteiger partial charge in [-0.2, -0.15) is 5.26 Å². The van der Waals surface area contributed by atoms with Crippen LogP contribution in [-0.4, -0.2) is 17.1 Å². The molecule has 0 amide bonds. The maximum absolute atomic E-state index is 11.4. The van der Waals surface area contributed by atoms with Gasteiger partial charge in [-0.05, 0) is 13.3 Å². The van der Waals surface area contributed by atoms with Gasteiger partial charge in [-0.25, -0.2) is 4.98 Å². The lowest BCUT2D eigenvalue weighted by Gasteiger charge is -2.24. The number of nitrogens with one attached hydrogen (secondary N) is 1. The lowest BCUT2D eigenvalue weighted by atomic mass is 10.0. The van der Waals surface area contributed by atoms with E-state index < -0.39 is 11.2 Å². The molecular weight excluding hydrogens is 194 g/mol. The highest BCUT2D eigenvalue weighted by atomic mass is 16.5. The zero-order valence-electron chi connectivity index (χ0n) is 9.00. The highest BCUT2D eigenvalue weighted by Crippen LogP contribution is 2.23. The van der Waals surface area contributed by atoms with Crippen LogP contribution in [0.15, 0.2) is 11.0 Å². The third kappa shape index (κ3) is 2.05. The van der Waals surface area contributed by atoms with E-state index in [2.05, 4.69) is 9.97 Å². The van der Waals surface area contributed by atoms with Crippen LogP contribution in [0.5, 0.6) is 0 Å². The summed E-state index contributed by atoms with van der Waals surface area (Å²) >= 11 is 0. The van der Waals surface area contributed by atoms with Crippen LogP contribution in [0.2, 0.25) is 0 Å². The van der Waals surface area contributed by atoms with Crippen molar-refractivity contribution in [1.82, 2.24) is 9.97 Å². The topological polar surface area (TPSA) is 78.8 Å². The molecule has 1 aromatic rings. The first-order chi connectivity index (χ1) is 7.07. The van der Waals surface area contributed by atoms with E-state index in [9.17, 15) is 4.79 Å². The summed E-state index contributed by atoms with van der Waals surface area (Å²) in [7, 11) is 1.56. The van der Waals surface area contributed by atoms with Crippen LogP contribution in [0.25, 0.3) is 0 Å². The quantitative estimate of drug-likeness (QED) is 0.799. The number of ether oxygens (including phenoxy) is 1. The Morgan fingerprint density at radius 2 is 2.40 bits per heavy atom. The van der Waals surface area contributed by atoms with Gasteiger partial charge in [0.1, 0.15) is 23.1 Å². The minimum absolute atomic E-state index is 0.00769. The molecule has 0 radical (unpaired) electrons. The number of methoxy groups -OCH3 is 1. The van der Waals surface area contributed by atoms with E-state index in [4.69, 9.17) is 10.00 Å². The Bertz CT molecular complexity index is 441. The summed E-state index contributed by atoms with van der Waals surface area (Å²) in [6.45, 7) is 3.76. The molecule has 0 aliphatic rings. The maximum atomic E-state index is 11.4. The Morgan fingerprint density at radius 1 is 1.73 bits per heavy atom. The van der Waals surface area contributed by atoms with Crippen LogP contribution in [0, 0.1) is 11.3 Å². The summed E-state index contributed by atoms with van der Waals surface area (Å²) in [4.78, 5) is 18.0. The normalized spacial score (nSPS) is 14.3. The Morgan fingerprint density at radius 3 is 2.80 bits per heavy atom. The van der Waals surface area contributed by atoms with E-state index in [-0.39, 0.29) is 5.56 Å². The van der Waals surface area contributed by atoms with Crippen molar-refractivity contribution < 1.29 is 4.74 Å². The maximum Gasteiger partial charge on any atom is 0.268 e. The van der Waals surface area contributed by atoms with Gasteiger partial charge in [-0.1, -0.05) is 6.92 Å². The third-order valence-electron chi connectivity index (χ3n) is 2.55. The fraction of sp³-hybridized carbons (Fsp3) is 0.500. The minimum Gasteiger partial charge on any atom is -0.371 e. The number of aromatic nitrogens is 2. The van der Waals surface area contributed by atoms with Crippen molar-refractivity contribution in [1.29, 1.82) is 5.26 Å². The predicted molar refractivity (Wildman–Crippen MR) is 54.2 cm³/mol. The van der Waals surface area contributed by atoms with Crippen molar-refractivity contribution in [3.05, 3.63) is 27.9 Å². The summed E-state index contributed by atoms with van der Waals surface area (Å²) in [6, 6.07) is 1.76. The van der Waals surface area contributed by atoms with E-state index in [1.807, 2.05) is 13.8 Å². The molecule has 1 rings (SSSR count). The highest BCUT2D eigenvalue weighted by molar-refractivity contribution is 5.22. The Hall–Kier alpha value is -1.67. The highest BCUT2D eigenvalue weighted by Gasteiger charge is 2.26. The van der Waals surface area contributed by atoms with Crippen molar-refractivity contribution in [2.75, 3.05) is 7.11 Å². The number of hydrogen-bond acceptors (Lipinski definition) is 4. The van der Waals surface area contributed by atoms with E-state index in [1.54, 1.807) is 13.2 Å². The summed E-state index contributed by atoms with van der Waals surface area (Å²) < 4.78 is 5.29. The molecule has 15 heavy (non-hydrogen) atoms. The molecule has 0 fully saturated rings. The molecule has 1 heterocycles. The fourth-order valence-corrected chi connectivity index (χ4v) is 1.15. The van der Waals surface area contributed by atoms with Crippen molar-refractivity contribution in [3.8, 4) is 6.07 Å². The Balaban J connectivity index is 3.25. The second-order valence-corrected chi connectivity index (χ2v) is 3.37. The van der Waals surface area contributed by atoms with Gasteiger partial charge < -0.3 is 9.72 Å². The van der Waals surface area contributed by atoms with Gasteiger partial charge >= 0.3 is 0 Å². The van der Waals surface area contributed by atoms with Gasteiger partial charge in [0, 0.05) is 7.11 Å². The molecule has 1 atom stereocenters. The van der Waals surface area contributed by atoms with Gasteiger partial charge in [0.15, 0.2) is 0 Å². The zero-order chi connectivity index (χ0) is 11.5. The Labute approximate surface area is 87.7 Å². The fourth-order valence-electron chi connectivity index (χ4n) is 1.15. The smallest absolute Gasteiger partial charge is 0.268 e. The van der Waals surface area contributed by atoms with Crippen LogP contribution in [-0.2, 0) is 10.3 Å². The molecular formula is C10H13N3O2. The van der Waals surface area contributed by atoms with Gasteiger partial charge in [0.2, 0.25) is 0 Å². The minimum atomic E-state index is -0.618. The van der Waals surface area contributed by atoms with Crippen molar-refractivity contribution in [3.63, 3.8) is 0 Å². The van der Waals surface area contributed by atoms with Crippen molar-refractivity contribution in [2.24, 2.45) is 0 Å². The molecule has 0 bridgehead atoms.